The molecule has 5 heteroatoms. The number of nitrogens with one attached hydrogen (secondary N) is 1. The molecule has 0 atom stereocenters. The summed E-state index contributed by atoms with van der Waals surface area (Å²) >= 11 is 5.97. The Labute approximate surface area is 109 Å². The molecule has 0 spiro atoms. The van der Waals surface area contributed by atoms with Crippen molar-refractivity contribution in [1.29, 1.82) is 0 Å². The van der Waals surface area contributed by atoms with Crippen molar-refractivity contribution in [3.05, 3.63) is 53.9 Å². The zero-order valence-electron chi connectivity index (χ0n) is 9.34. The molecule has 3 rings (SSSR count). The molecule has 1 N–H and O–H groups in total. The Hall–Kier alpha value is -2.20. The molecule has 0 radical (unpaired) electrons. The van der Waals surface area contributed by atoms with Crippen LogP contribution in [0.2, 0.25) is 5.15 Å². The van der Waals surface area contributed by atoms with Gasteiger partial charge in [-0.3, -0.25) is 4.98 Å². The number of hydrogen-bond acceptors (Lipinski definition) is 4. The number of fused-ring (bicyclic) bond motifs is 1. The molecule has 0 aliphatic rings. The SMILES string of the molecule is Clc1ncccc1Nc1cnc2ccccc2n1. The molecule has 0 unspecified atom stereocenters. The second-order valence-corrected chi connectivity index (χ2v) is 4.07. The van der Waals surface area contributed by atoms with Crippen molar-refractivity contribution in [3.63, 3.8) is 0 Å². The van der Waals surface area contributed by atoms with E-state index >= 15 is 0 Å². The van der Waals surface area contributed by atoms with Gasteiger partial charge in [0.2, 0.25) is 0 Å². The lowest BCUT2D eigenvalue weighted by Gasteiger charge is -2.06. The van der Waals surface area contributed by atoms with E-state index in [2.05, 4.69) is 20.3 Å². The highest BCUT2D eigenvalue weighted by molar-refractivity contribution is 6.32. The van der Waals surface area contributed by atoms with Crippen LogP contribution >= 0.6 is 11.6 Å². The van der Waals surface area contributed by atoms with Gasteiger partial charge in [-0.1, -0.05) is 23.7 Å². The number of halogens is 1. The first-order valence-electron chi connectivity index (χ1n) is 5.42. The first kappa shape index (κ1) is 10.9. The van der Waals surface area contributed by atoms with Crippen LogP contribution in [0.1, 0.15) is 0 Å². The maximum atomic E-state index is 5.97. The smallest absolute Gasteiger partial charge is 0.152 e. The lowest BCUT2D eigenvalue weighted by molar-refractivity contribution is 1.26. The fraction of sp³-hybridized carbons (Fsp3) is 0. The third-order valence-corrected chi connectivity index (χ3v) is 2.77. The number of para-hydroxylation sites is 2. The van der Waals surface area contributed by atoms with Gasteiger partial charge in [0, 0.05) is 6.20 Å². The topological polar surface area (TPSA) is 50.7 Å². The molecular formula is C13H9ClN4. The molecule has 0 fully saturated rings. The van der Waals surface area contributed by atoms with Crippen molar-refractivity contribution >= 4 is 34.1 Å². The Morgan fingerprint density at radius 3 is 2.61 bits per heavy atom. The number of hydrogen-bond donors (Lipinski definition) is 1. The van der Waals surface area contributed by atoms with Crippen molar-refractivity contribution in [2.24, 2.45) is 0 Å². The number of pyridine rings is 1. The number of nitrogens with zero attached hydrogens (tertiary/aromatic N) is 3. The van der Waals surface area contributed by atoms with Crippen LogP contribution < -0.4 is 5.32 Å². The van der Waals surface area contributed by atoms with Crippen LogP contribution in [-0.4, -0.2) is 15.0 Å². The van der Waals surface area contributed by atoms with Crippen molar-refractivity contribution in [2.45, 2.75) is 0 Å². The fourth-order valence-corrected chi connectivity index (χ4v) is 1.80. The van der Waals surface area contributed by atoms with Crippen LogP contribution in [0.15, 0.2) is 48.8 Å². The number of benzene rings is 1. The van der Waals surface area contributed by atoms with Gasteiger partial charge in [0.15, 0.2) is 5.15 Å². The Bertz CT molecular complexity index is 699. The molecular weight excluding hydrogens is 248 g/mol. The van der Waals surface area contributed by atoms with Gasteiger partial charge in [0.05, 0.1) is 22.9 Å². The van der Waals surface area contributed by atoms with Crippen LogP contribution in [0.25, 0.3) is 11.0 Å². The normalized spacial score (nSPS) is 10.5. The molecule has 3 aromatic rings. The number of aromatic nitrogens is 3. The second-order valence-electron chi connectivity index (χ2n) is 3.71. The first-order valence-corrected chi connectivity index (χ1v) is 5.80. The summed E-state index contributed by atoms with van der Waals surface area (Å²) in [6.07, 6.45) is 3.31. The average molecular weight is 257 g/mol. The van der Waals surface area contributed by atoms with E-state index in [0.717, 1.165) is 11.0 Å². The van der Waals surface area contributed by atoms with E-state index in [9.17, 15) is 0 Å². The molecule has 0 bridgehead atoms. The summed E-state index contributed by atoms with van der Waals surface area (Å²) in [7, 11) is 0. The fourth-order valence-electron chi connectivity index (χ4n) is 1.63. The molecule has 0 saturated heterocycles. The zero-order valence-corrected chi connectivity index (χ0v) is 10.1. The summed E-state index contributed by atoms with van der Waals surface area (Å²) < 4.78 is 0. The number of rotatable bonds is 2. The molecule has 2 heterocycles. The molecule has 0 aliphatic carbocycles. The van der Waals surface area contributed by atoms with Gasteiger partial charge >= 0.3 is 0 Å². The maximum absolute atomic E-state index is 5.97. The van der Waals surface area contributed by atoms with Crippen LogP contribution in [0, 0.1) is 0 Å². The van der Waals surface area contributed by atoms with Crippen molar-refractivity contribution in [3.8, 4) is 0 Å². The van der Waals surface area contributed by atoms with Crippen molar-refractivity contribution < 1.29 is 0 Å². The second kappa shape index (κ2) is 4.58. The van der Waals surface area contributed by atoms with E-state index in [-0.39, 0.29) is 0 Å². The molecule has 0 amide bonds. The highest BCUT2D eigenvalue weighted by Gasteiger charge is 2.03. The lowest BCUT2D eigenvalue weighted by Crippen LogP contribution is -1.96. The zero-order chi connectivity index (χ0) is 12.4. The molecule has 1 aromatic carbocycles. The molecule has 2 aromatic heterocycles. The monoisotopic (exact) mass is 256 g/mol. The minimum atomic E-state index is 0.410. The van der Waals surface area contributed by atoms with Gasteiger partial charge < -0.3 is 5.32 Å². The van der Waals surface area contributed by atoms with E-state index in [1.165, 1.54) is 0 Å². The van der Waals surface area contributed by atoms with Crippen LogP contribution in [0.5, 0.6) is 0 Å². The predicted octanol–water partition coefficient (Wildman–Crippen LogP) is 3.42. The van der Waals surface area contributed by atoms with E-state index < -0.39 is 0 Å². The van der Waals surface area contributed by atoms with Gasteiger partial charge in [0.1, 0.15) is 5.82 Å². The standard InChI is InChI=1S/C13H9ClN4/c14-13-11(6-3-7-15-13)18-12-8-16-9-4-1-2-5-10(9)17-12/h1-8H,(H,17,18). The molecule has 0 saturated carbocycles. The highest BCUT2D eigenvalue weighted by atomic mass is 35.5. The minimum absolute atomic E-state index is 0.410. The summed E-state index contributed by atoms with van der Waals surface area (Å²) in [6, 6.07) is 11.3. The van der Waals surface area contributed by atoms with Gasteiger partial charge in [0.25, 0.3) is 0 Å². The first-order chi connectivity index (χ1) is 8.83. The quantitative estimate of drug-likeness (QED) is 0.714. The summed E-state index contributed by atoms with van der Waals surface area (Å²) in [5.41, 5.74) is 2.41. The van der Waals surface area contributed by atoms with E-state index in [0.29, 0.717) is 16.7 Å². The van der Waals surface area contributed by atoms with Crippen LogP contribution in [0.4, 0.5) is 11.5 Å². The van der Waals surface area contributed by atoms with E-state index in [1.807, 2.05) is 36.4 Å². The molecule has 0 aliphatic heterocycles. The molecule has 18 heavy (non-hydrogen) atoms. The summed E-state index contributed by atoms with van der Waals surface area (Å²) in [5, 5.41) is 3.51. The number of anilines is 2. The van der Waals surface area contributed by atoms with Crippen LogP contribution in [0.3, 0.4) is 0 Å². The van der Waals surface area contributed by atoms with Crippen molar-refractivity contribution in [1.82, 2.24) is 15.0 Å². The summed E-state index contributed by atoms with van der Waals surface area (Å²) in [5.74, 6) is 0.642. The van der Waals surface area contributed by atoms with Crippen molar-refractivity contribution in [2.75, 3.05) is 5.32 Å². The third-order valence-electron chi connectivity index (χ3n) is 2.47. The summed E-state index contributed by atoms with van der Waals surface area (Å²) in [6.45, 7) is 0. The van der Waals surface area contributed by atoms with Gasteiger partial charge in [-0.05, 0) is 24.3 Å². The third kappa shape index (κ3) is 2.10. The molecule has 4 nitrogen and oxygen atoms in total. The largest absolute Gasteiger partial charge is 0.336 e. The predicted molar refractivity (Wildman–Crippen MR) is 72.1 cm³/mol. The summed E-state index contributed by atoms with van der Waals surface area (Å²) in [4.78, 5) is 12.8. The van der Waals surface area contributed by atoms with Crippen LogP contribution in [-0.2, 0) is 0 Å². The molecule has 88 valence electrons. The Balaban J connectivity index is 1.98. The maximum Gasteiger partial charge on any atom is 0.152 e. The Morgan fingerprint density at radius 1 is 0.944 bits per heavy atom. The van der Waals surface area contributed by atoms with E-state index in [1.54, 1.807) is 12.4 Å². The lowest BCUT2D eigenvalue weighted by atomic mass is 10.3. The minimum Gasteiger partial charge on any atom is -0.336 e. The van der Waals surface area contributed by atoms with Gasteiger partial charge in [-0.15, -0.1) is 0 Å². The van der Waals surface area contributed by atoms with Gasteiger partial charge in [-0.25, -0.2) is 9.97 Å². The Kier molecular flexibility index (Phi) is 2.78. The van der Waals surface area contributed by atoms with E-state index in [4.69, 9.17) is 11.6 Å². The van der Waals surface area contributed by atoms with Gasteiger partial charge in [-0.2, -0.15) is 0 Å². The average Bonchev–Trinajstić information content (AvgIpc) is 2.41. The Morgan fingerprint density at radius 2 is 1.78 bits per heavy atom. The highest BCUT2D eigenvalue weighted by Crippen LogP contribution is 2.22.